The largest absolute Gasteiger partial charge is 0.389 e. The molecule has 1 spiro atoms. The Morgan fingerprint density at radius 3 is 2.87 bits per heavy atom. The van der Waals surface area contributed by atoms with Gasteiger partial charge in [-0.1, -0.05) is 5.16 Å². The highest BCUT2D eigenvalue weighted by Crippen LogP contribution is 2.55. The van der Waals surface area contributed by atoms with Crippen molar-refractivity contribution in [1.82, 2.24) is 29.8 Å². The fourth-order valence-electron chi connectivity index (χ4n) is 7.21. The number of nitriles is 1. The second kappa shape index (κ2) is 8.58. The lowest BCUT2D eigenvalue weighted by Crippen LogP contribution is -2.35. The molecule has 3 unspecified atom stereocenters. The summed E-state index contributed by atoms with van der Waals surface area (Å²) in [6.07, 6.45) is 9.07. The zero-order chi connectivity index (χ0) is 26.2. The summed E-state index contributed by atoms with van der Waals surface area (Å²) >= 11 is 1.53. The molecule has 196 valence electrons. The average Bonchev–Trinajstić information content (AvgIpc) is 3.68. The molecule has 0 aromatic carbocycles. The van der Waals surface area contributed by atoms with Gasteiger partial charge in [-0.15, -0.1) is 16.4 Å². The van der Waals surface area contributed by atoms with Gasteiger partial charge in [0.25, 0.3) is 0 Å². The van der Waals surface area contributed by atoms with Crippen LogP contribution in [0.25, 0.3) is 22.6 Å². The first-order chi connectivity index (χ1) is 18.4. The molecule has 2 aliphatic carbocycles. The minimum absolute atomic E-state index is 0.0409. The number of nitrogens with two attached hydrogens (primary N) is 1. The van der Waals surface area contributed by atoms with Crippen molar-refractivity contribution in [2.45, 2.75) is 75.8 Å². The average molecular weight is 533 g/mol. The number of hydrogen-bond donors (Lipinski definition) is 1. The van der Waals surface area contributed by atoms with Crippen LogP contribution in [0.15, 0.2) is 10.7 Å². The fourth-order valence-corrected chi connectivity index (χ4v) is 8.37. The maximum absolute atomic E-state index is 14.9. The summed E-state index contributed by atoms with van der Waals surface area (Å²) in [5.41, 5.74) is 9.52. The zero-order valence-corrected chi connectivity index (χ0v) is 22.3. The van der Waals surface area contributed by atoms with Gasteiger partial charge < -0.3 is 15.2 Å². The van der Waals surface area contributed by atoms with Gasteiger partial charge in [-0.25, -0.2) is 14.6 Å². The SMILES string of the molecule is CC(C1CCCN1C)n1nc(F)c2cnc(-c3noc4c3CCCC43CCCc4sc(N)c(C#N)c43)nc21. The normalized spacial score (nSPS) is 24.0. The van der Waals surface area contributed by atoms with Crippen molar-refractivity contribution in [3.63, 3.8) is 0 Å². The number of aryl methyl sites for hydroxylation is 1. The molecule has 38 heavy (non-hydrogen) atoms. The molecule has 0 amide bonds. The highest BCUT2D eigenvalue weighted by Gasteiger charge is 2.48. The third-order valence-electron chi connectivity index (χ3n) is 8.99. The van der Waals surface area contributed by atoms with Crippen LogP contribution < -0.4 is 5.73 Å². The van der Waals surface area contributed by atoms with Crippen molar-refractivity contribution in [3.05, 3.63) is 39.5 Å². The van der Waals surface area contributed by atoms with E-state index in [1.807, 2.05) is 0 Å². The van der Waals surface area contributed by atoms with Gasteiger partial charge >= 0.3 is 0 Å². The van der Waals surface area contributed by atoms with Crippen molar-refractivity contribution in [2.75, 3.05) is 19.3 Å². The van der Waals surface area contributed by atoms with E-state index in [0.717, 1.165) is 74.8 Å². The van der Waals surface area contributed by atoms with E-state index >= 15 is 0 Å². The molecule has 1 fully saturated rings. The summed E-state index contributed by atoms with van der Waals surface area (Å²) in [4.78, 5) is 12.8. The van der Waals surface area contributed by atoms with Crippen molar-refractivity contribution >= 4 is 27.4 Å². The number of halogens is 1. The molecule has 7 rings (SSSR count). The number of nitrogens with zero attached hydrogens (tertiary/aromatic N) is 7. The topological polar surface area (TPSA) is 123 Å². The Balaban J connectivity index is 1.35. The smallest absolute Gasteiger partial charge is 0.243 e. The van der Waals surface area contributed by atoms with Crippen LogP contribution in [0.4, 0.5) is 9.39 Å². The number of aromatic nitrogens is 5. The van der Waals surface area contributed by atoms with Gasteiger partial charge in [0.05, 0.1) is 22.4 Å². The molecule has 9 nitrogen and oxygen atoms in total. The molecule has 3 atom stereocenters. The molecule has 1 aliphatic heterocycles. The van der Waals surface area contributed by atoms with E-state index in [2.05, 4.69) is 40.2 Å². The zero-order valence-electron chi connectivity index (χ0n) is 21.5. The summed E-state index contributed by atoms with van der Waals surface area (Å²) in [6, 6.07) is 2.59. The van der Waals surface area contributed by atoms with Crippen LogP contribution in [0.1, 0.15) is 78.8 Å². The maximum Gasteiger partial charge on any atom is 0.243 e. The molecular weight excluding hydrogens is 503 g/mol. The monoisotopic (exact) mass is 532 g/mol. The molecule has 11 heteroatoms. The summed E-state index contributed by atoms with van der Waals surface area (Å²) in [6.45, 7) is 3.09. The second-order valence-electron chi connectivity index (χ2n) is 11.0. The first-order valence-electron chi connectivity index (χ1n) is 13.3. The van der Waals surface area contributed by atoms with Gasteiger partial charge in [0.15, 0.2) is 22.9 Å². The van der Waals surface area contributed by atoms with Gasteiger partial charge in [-0.05, 0) is 77.4 Å². The van der Waals surface area contributed by atoms with Crippen LogP contribution in [-0.4, -0.2) is 49.4 Å². The summed E-state index contributed by atoms with van der Waals surface area (Å²) in [5.74, 6) is 0.654. The molecule has 0 radical (unpaired) electrons. The molecule has 3 aliphatic rings. The van der Waals surface area contributed by atoms with Gasteiger partial charge in [-0.2, -0.15) is 9.65 Å². The number of thiophene rings is 1. The number of rotatable bonds is 3. The van der Waals surface area contributed by atoms with Crippen LogP contribution in [0, 0.1) is 17.3 Å². The highest BCUT2D eigenvalue weighted by molar-refractivity contribution is 7.16. The van der Waals surface area contributed by atoms with Crippen molar-refractivity contribution in [3.8, 4) is 17.6 Å². The Kier molecular flexibility index (Phi) is 5.36. The summed E-state index contributed by atoms with van der Waals surface area (Å²) in [5, 5.41) is 19.5. The summed E-state index contributed by atoms with van der Waals surface area (Å²) in [7, 11) is 2.10. The van der Waals surface area contributed by atoms with Crippen molar-refractivity contribution < 1.29 is 8.91 Å². The van der Waals surface area contributed by atoms with Crippen molar-refractivity contribution in [1.29, 1.82) is 5.26 Å². The maximum atomic E-state index is 14.9. The Morgan fingerprint density at radius 2 is 2.11 bits per heavy atom. The third-order valence-corrected chi connectivity index (χ3v) is 10.1. The number of hydrogen-bond acceptors (Lipinski definition) is 9. The van der Waals surface area contributed by atoms with E-state index in [1.165, 1.54) is 22.4 Å². The second-order valence-corrected chi connectivity index (χ2v) is 12.1. The molecule has 5 heterocycles. The van der Waals surface area contributed by atoms with Gasteiger partial charge in [-0.3, -0.25) is 0 Å². The molecule has 4 aromatic rings. The first-order valence-corrected chi connectivity index (χ1v) is 14.2. The number of likely N-dealkylation sites (tertiary alicyclic amines) is 1. The number of likely N-dealkylation sites (N-methyl/N-ethyl adjacent to an activating group) is 1. The Hall–Kier alpha value is -3.36. The summed E-state index contributed by atoms with van der Waals surface area (Å²) < 4.78 is 22.7. The standard InChI is InChI=1S/C27H29FN8OS/c1-14(18-7-5-11-35(18)2)36-26-17(23(28)33-36)13-31-25(32-26)21-15-6-3-9-27(22(15)37-34-21)10-4-8-19-20(27)16(12-29)24(30)38-19/h13-14,18H,3-11,30H2,1-2H3. The quantitative estimate of drug-likeness (QED) is 0.401. The minimum Gasteiger partial charge on any atom is -0.389 e. The Morgan fingerprint density at radius 1 is 1.29 bits per heavy atom. The van der Waals surface area contributed by atoms with E-state index in [-0.39, 0.29) is 12.1 Å². The predicted molar refractivity (Wildman–Crippen MR) is 141 cm³/mol. The number of anilines is 1. The van der Waals surface area contributed by atoms with Crippen LogP contribution >= 0.6 is 11.3 Å². The first kappa shape index (κ1) is 23.7. The van der Waals surface area contributed by atoms with E-state index in [9.17, 15) is 9.65 Å². The van der Waals surface area contributed by atoms with E-state index in [1.54, 1.807) is 4.68 Å². The molecular formula is C27H29FN8OS. The van der Waals surface area contributed by atoms with E-state index in [4.69, 9.17) is 15.2 Å². The number of fused-ring (bicyclic) bond motifs is 5. The van der Waals surface area contributed by atoms with Crippen LogP contribution in [-0.2, 0) is 18.3 Å². The van der Waals surface area contributed by atoms with Crippen molar-refractivity contribution in [2.24, 2.45) is 0 Å². The highest BCUT2D eigenvalue weighted by atomic mass is 32.1. The van der Waals surface area contributed by atoms with Gasteiger partial charge in [0.1, 0.15) is 11.1 Å². The minimum atomic E-state index is -0.561. The van der Waals surface area contributed by atoms with Crippen LogP contribution in [0.2, 0.25) is 0 Å². The Bertz CT molecular complexity index is 1610. The van der Waals surface area contributed by atoms with Gasteiger partial charge in [0.2, 0.25) is 5.95 Å². The molecule has 2 N–H and O–H groups in total. The van der Waals surface area contributed by atoms with Crippen LogP contribution in [0.3, 0.4) is 0 Å². The van der Waals surface area contributed by atoms with Crippen LogP contribution in [0.5, 0.6) is 0 Å². The molecule has 4 aromatic heterocycles. The molecule has 0 bridgehead atoms. The van der Waals surface area contributed by atoms with Gasteiger partial charge in [0, 0.05) is 22.7 Å². The Labute approximate surface area is 223 Å². The predicted octanol–water partition coefficient (Wildman–Crippen LogP) is 4.75. The lowest BCUT2D eigenvalue weighted by atomic mass is 9.63. The molecule has 1 saturated heterocycles. The third kappa shape index (κ3) is 3.23. The lowest BCUT2D eigenvalue weighted by molar-refractivity contribution is 0.230. The molecule has 0 saturated carbocycles. The number of nitrogen functional groups attached to an aromatic ring is 1. The van der Waals surface area contributed by atoms with E-state index < -0.39 is 11.4 Å². The van der Waals surface area contributed by atoms with E-state index in [0.29, 0.717) is 33.1 Å². The fraction of sp³-hybridized carbons (Fsp3) is 0.519. The lowest BCUT2D eigenvalue weighted by Gasteiger charge is -2.39.